The van der Waals surface area contributed by atoms with Gasteiger partial charge in [0.2, 0.25) is 5.91 Å². The van der Waals surface area contributed by atoms with Crippen molar-refractivity contribution in [3.05, 3.63) is 0 Å². The van der Waals surface area contributed by atoms with Crippen LogP contribution in [-0.2, 0) is 14.3 Å². The number of hydrogen-bond acceptors (Lipinski definition) is 5. The van der Waals surface area contributed by atoms with Crippen LogP contribution in [0.4, 0.5) is 0 Å². The number of aliphatic carboxylic acids is 1. The molecule has 1 aliphatic heterocycles. The second-order valence-corrected chi connectivity index (χ2v) is 5.06. The lowest BCUT2D eigenvalue weighted by molar-refractivity contribution is -0.133. The number of carboxylic acids is 1. The Hall–Kier alpha value is -0.790. The van der Waals surface area contributed by atoms with E-state index in [1.807, 2.05) is 0 Å². The van der Waals surface area contributed by atoms with Crippen LogP contribution in [0.1, 0.15) is 6.92 Å². The van der Waals surface area contributed by atoms with Crippen LogP contribution in [0, 0.1) is 0 Å². The van der Waals surface area contributed by atoms with Crippen molar-refractivity contribution in [3.8, 4) is 0 Å². The fraction of sp³-hybridized carbons (Fsp3) is 0.818. The van der Waals surface area contributed by atoms with E-state index in [1.165, 1.54) is 0 Å². The van der Waals surface area contributed by atoms with Crippen LogP contribution in [0.5, 0.6) is 0 Å². The minimum absolute atomic E-state index is 0.0344. The summed E-state index contributed by atoms with van der Waals surface area (Å²) in [5.74, 6) is -0.909. The zero-order valence-corrected chi connectivity index (χ0v) is 11.4. The summed E-state index contributed by atoms with van der Waals surface area (Å²) in [6, 6.07) is 0. The van der Waals surface area contributed by atoms with Crippen LogP contribution in [0.2, 0.25) is 0 Å². The van der Waals surface area contributed by atoms with Gasteiger partial charge in [0, 0.05) is 19.6 Å². The van der Waals surface area contributed by atoms with Crippen molar-refractivity contribution in [1.82, 2.24) is 10.2 Å². The predicted octanol–water partition coefficient (Wildman–Crippen LogP) is -0.359. The van der Waals surface area contributed by atoms with Gasteiger partial charge in [-0.1, -0.05) is 6.92 Å². The third-order valence-corrected chi connectivity index (χ3v) is 3.57. The highest BCUT2D eigenvalue weighted by Crippen LogP contribution is 2.04. The Bertz CT molecular complexity index is 288. The van der Waals surface area contributed by atoms with Gasteiger partial charge in [-0.2, -0.15) is 0 Å². The minimum Gasteiger partial charge on any atom is -0.481 e. The summed E-state index contributed by atoms with van der Waals surface area (Å²) in [5.41, 5.74) is 0. The Kier molecular flexibility index (Phi) is 7.07. The quantitative estimate of drug-likeness (QED) is 0.661. The maximum absolute atomic E-state index is 11.4. The predicted molar refractivity (Wildman–Crippen MR) is 69.8 cm³/mol. The molecule has 1 aliphatic rings. The first kappa shape index (κ1) is 15.3. The fourth-order valence-corrected chi connectivity index (χ4v) is 2.27. The van der Waals surface area contributed by atoms with Gasteiger partial charge in [-0.3, -0.25) is 14.5 Å². The molecule has 1 saturated heterocycles. The molecule has 0 aromatic carbocycles. The lowest BCUT2D eigenvalue weighted by Crippen LogP contribution is -2.47. The average Bonchev–Trinajstić information content (AvgIpc) is 2.36. The molecule has 1 unspecified atom stereocenters. The Morgan fingerprint density at radius 3 is 2.94 bits per heavy atom. The summed E-state index contributed by atoms with van der Waals surface area (Å²) in [7, 11) is 0. The van der Waals surface area contributed by atoms with E-state index in [4.69, 9.17) is 9.84 Å². The zero-order valence-electron chi connectivity index (χ0n) is 10.6. The van der Waals surface area contributed by atoms with Gasteiger partial charge in [0.25, 0.3) is 0 Å². The summed E-state index contributed by atoms with van der Waals surface area (Å²) < 4.78 is 5.55. The Balaban J connectivity index is 2.12. The standard InChI is InChI=1S/C11H20N2O4S/c1-2-13-3-4-17-9(6-13)5-12-10(14)7-18-8-11(15)16/h9H,2-8H2,1H3,(H,12,14)(H,15,16). The van der Waals surface area contributed by atoms with Crippen molar-refractivity contribution in [3.63, 3.8) is 0 Å². The summed E-state index contributed by atoms with van der Waals surface area (Å²) in [4.78, 5) is 24.0. The summed E-state index contributed by atoms with van der Waals surface area (Å²) in [5, 5.41) is 11.2. The lowest BCUT2D eigenvalue weighted by atomic mass is 10.2. The molecule has 0 spiro atoms. The number of amides is 1. The number of ether oxygens (including phenoxy) is 1. The highest BCUT2D eigenvalue weighted by molar-refractivity contribution is 8.00. The van der Waals surface area contributed by atoms with Crippen LogP contribution in [-0.4, -0.2) is 72.3 Å². The van der Waals surface area contributed by atoms with E-state index in [-0.39, 0.29) is 23.5 Å². The van der Waals surface area contributed by atoms with E-state index < -0.39 is 5.97 Å². The molecule has 0 aromatic rings. The van der Waals surface area contributed by atoms with E-state index in [1.54, 1.807) is 0 Å². The number of hydrogen-bond donors (Lipinski definition) is 2. The minimum atomic E-state index is -0.901. The van der Waals surface area contributed by atoms with Crippen molar-refractivity contribution in [1.29, 1.82) is 0 Å². The second-order valence-electron chi connectivity index (χ2n) is 4.08. The van der Waals surface area contributed by atoms with Crippen LogP contribution in [0.25, 0.3) is 0 Å². The smallest absolute Gasteiger partial charge is 0.313 e. The summed E-state index contributed by atoms with van der Waals surface area (Å²) in [6.07, 6.45) is 0.0344. The molecule has 1 rings (SSSR count). The van der Waals surface area contributed by atoms with Gasteiger partial charge in [-0.25, -0.2) is 0 Å². The maximum atomic E-state index is 11.4. The second kappa shape index (κ2) is 8.34. The molecule has 0 radical (unpaired) electrons. The van der Waals surface area contributed by atoms with Gasteiger partial charge in [0.1, 0.15) is 0 Å². The van der Waals surface area contributed by atoms with E-state index in [0.717, 1.165) is 31.4 Å². The number of nitrogens with zero attached hydrogens (tertiary/aromatic N) is 1. The van der Waals surface area contributed by atoms with Crippen LogP contribution in [0.3, 0.4) is 0 Å². The normalized spacial score (nSPS) is 20.6. The van der Waals surface area contributed by atoms with Gasteiger partial charge in [0.05, 0.1) is 24.2 Å². The summed E-state index contributed by atoms with van der Waals surface area (Å²) in [6.45, 7) is 6.05. The van der Waals surface area contributed by atoms with Gasteiger partial charge in [-0.05, 0) is 6.54 Å². The average molecular weight is 276 g/mol. The first-order valence-electron chi connectivity index (χ1n) is 6.02. The van der Waals surface area contributed by atoms with Gasteiger partial charge in [0.15, 0.2) is 0 Å². The number of carboxylic acid groups (broad SMARTS) is 1. The third kappa shape index (κ3) is 6.23. The summed E-state index contributed by atoms with van der Waals surface area (Å²) >= 11 is 1.10. The third-order valence-electron chi connectivity index (χ3n) is 2.66. The van der Waals surface area contributed by atoms with Crippen molar-refractivity contribution in [2.75, 3.05) is 44.3 Å². The van der Waals surface area contributed by atoms with Gasteiger partial charge >= 0.3 is 5.97 Å². The molecular weight excluding hydrogens is 256 g/mol. The first-order valence-corrected chi connectivity index (χ1v) is 7.17. The number of morpholine rings is 1. The maximum Gasteiger partial charge on any atom is 0.313 e. The Morgan fingerprint density at radius 2 is 2.28 bits per heavy atom. The molecule has 0 bridgehead atoms. The molecule has 7 heteroatoms. The lowest BCUT2D eigenvalue weighted by Gasteiger charge is -2.32. The van der Waals surface area contributed by atoms with E-state index >= 15 is 0 Å². The number of carbonyl (C=O) groups excluding carboxylic acids is 1. The van der Waals surface area contributed by atoms with Crippen molar-refractivity contribution >= 4 is 23.6 Å². The number of carbonyl (C=O) groups is 2. The molecule has 0 aromatic heterocycles. The van der Waals surface area contributed by atoms with Crippen molar-refractivity contribution < 1.29 is 19.4 Å². The van der Waals surface area contributed by atoms with Gasteiger partial charge < -0.3 is 15.2 Å². The van der Waals surface area contributed by atoms with Gasteiger partial charge in [-0.15, -0.1) is 11.8 Å². The molecule has 0 aliphatic carbocycles. The molecule has 6 nitrogen and oxygen atoms in total. The Morgan fingerprint density at radius 1 is 1.50 bits per heavy atom. The monoisotopic (exact) mass is 276 g/mol. The Labute approximate surface area is 111 Å². The SMILES string of the molecule is CCN1CCOC(CNC(=O)CSCC(=O)O)C1. The molecular formula is C11H20N2O4S. The molecule has 1 atom stereocenters. The van der Waals surface area contributed by atoms with Crippen LogP contribution < -0.4 is 5.32 Å². The van der Waals surface area contributed by atoms with Crippen molar-refractivity contribution in [2.24, 2.45) is 0 Å². The van der Waals surface area contributed by atoms with E-state index in [2.05, 4.69) is 17.1 Å². The molecule has 1 fully saturated rings. The van der Waals surface area contributed by atoms with Crippen LogP contribution in [0.15, 0.2) is 0 Å². The number of thioether (sulfide) groups is 1. The fourth-order valence-electron chi connectivity index (χ4n) is 1.70. The van der Waals surface area contributed by atoms with Crippen molar-refractivity contribution in [2.45, 2.75) is 13.0 Å². The van der Waals surface area contributed by atoms with Crippen LogP contribution >= 0.6 is 11.8 Å². The molecule has 1 heterocycles. The number of nitrogens with one attached hydrogen (secondary N) is 1. The zero-order chi connectivity index (χ0) is 13.4. The molecule has 1 amide bonds. The topological polar surface area (TPSA) is 78.9 Å². The number of likely N-dealkylation sites (N-methyl/N-ethyl adjacent to an activating group) is 1. The largest absolute Gasteiger partial charge is 0.481 e. The molecule has 2 N–H and O–H groups in total. The van der Waals surface area contributed by atoms with E-state index in [0.29, 0.717) is 13.2 Å². The van der Waals surface area contributed by atoms with E-state index in [9.17, 15) is 9.59 Å². The molecule has 18 heavy (non-hydrogen) atoms. The highest BCUT2D eigenvalue weighted by atomic mass is 32.2. The molecule has 0 saturated carbocycles. The first-order chi connectivity index (χ1) is 8.61. The highest BCUT2D eigenvalue weighted by Gasteiger charge is 2.19. The molecule has 104 valence electrons. The number of rotatable bonds is 7.